The Labute approximate surface area is 108 Å². The number of nitrogens with zero attached hydrogens (tertiary/aromatic N) is 1. The average Bonchev–Trinajstić information content (AvgIpc) is 2.39. The summed E-state index contributed by atoms with van der Waals surface area (Å²) < 4.78 is 11.1. The molecule has 1 aromatic carbocycles. The molecule has 0 spiro atoms. The van der Waals surface area contributed by atoms with Gasteiger partial charge in [0, 0.05) is 6.54 Å². The van der Waals surface area contributed by atoms with Crippen LogP contribution in [0.1, 0.15) is 18.1 Å². The summed E-state index contributed by atoms with van der Waals surface area (Å²) in [4.78, 5) is 0. The SMILES string of the molecule is Cc1cc2c(cc1CCNC(C)C#N)OCCO2. The highest BCUT2D eigenvalue weighted by molar-refractivity contribution is 5.47. The van der Waals surface area contributed by atoms with Gasteiger partial charge in [-0.05, 0) is 43.5 Å². The maximum Gasteiger partial charge on any atom is 0.161 e. The Morgan fingerprint density at radius 1 is 1.33 bits per heavy atom. The number of benzene rings is 1. The normalized spacial score (nSPS) is 14.9. The number of hydrogen-bond donors (Lipinski definition) is 1. The van der Waals surface area contributed by atoms with E-state index in [2.05, 4.69) is 18.3 Å². The van der Waals surface area contributed by atoms with Gasteiger partial charge in [0.15, 0.2) is 11.5 Å². The van der Waals surface area contributed by atoms with Gasteiger partial charge >= 0.3 is 0 Å². The van der Waals surface area contributed by atoms with E-state index in [9.17, 15) is 0 Å². The molecule has 1 N–H and O–H groups in total. The fourth-order valence-corrected chi connectivity index (χ4v) is 1.97. The Morgan fingerprint density at radius 3 is 2.67 bits per heavy atom. The Bertz CT molecular complexity index is 466. The number of nitrogens with one attached hydrogen (secondary N) is 1. The predicted octanol–water partition coefficient (Wildman–Crippen LogP) is 1.81. The summed E-state index contributed by atoms with van der Waals surface area (Å²) in [6.45, 7) is 5.94. The number of hydrogen-bond acceptors (Lipinski definition) is 4. The number of rotatable bonds is 4. The van der Waals surface area contributed by atoms with Crippen molar-refractivity contribution in [3.8, 4) is 17.6 Å². The fraction of sp³-hybridized carbons (Fsp3) is 0.500. The number of nitriles is 1. The van der Waals surface area contributed by atoms with E-state index >= 15 is 0 Å². The van der Waals surface area contributed by atoms with E-state index in [0.717, 1.165) is 24.5 Å². The van der Waals surface area contributed by atoms with Gasteiger partial charge in [0.1, 0.15) is 13.2 Å². The monoisotopic (exact) mass is 246 g/mol. The van der Waals surface area contributed by atoms with Crippen molar-refractivity contribution in [1.29, 1.82) is 5.26 Å². The highest BCUT2D eigenvalue weighted by Crippen LogP contribution is 2.33. The van der Waals surface area contributed by atoms with Gasteiger partial charge in [0.05, 0.1) is 12.1 Å². The number of aryl methyl sites for hydroxylation is 1. The summed E-state index contributed by atoms with van der Waals surface area (Å²) in [5.74, 6) is 1.66. The van der Waals surface area contributed by atoms with Gasteiger partial charge < -0.3 is 14.8 Å². The molecule has 0 fully saturated rings. The van der Waals surface area contributed by atoms with Crippen molar-refractivity contribution in [3.63, 3.8) is 0 Å². The second kappa shape index (κ2) is 5.74. The van der Waals surface area contributed by atoms with Gasteiger partial charge in [-0.2, -0.15) is 5.26 Å². The lowest BCUT2D eigenvalue weighted by Gasteiger charge is -2.20. The molecule has 0 amide bonds. The van der Waals surface area contributed by atoms with Crippen LogP contribution in [0, 0.1) is 18.3 Å². The van der Waals surface area contributed by atoms with E-state index in [1.807, 2.05) is 19.1 Å². The third-order valence-corrected chi connectivity index (χ3v) is 3.04. The lowest BCUT2D eigenvalue weighted by atomic mass is 10.0. The van der Waals surface area contributed by atoms with E-state index in [1.54, 1.807) is 0 Å². The summed E-state index contributed by atoms with van der Waals surface area (Å²) in [5, 5.41) is 11.9. The standard InChI is InChI=1S/C14H18N2O2/c1-10-7-13-14(18-6-5-17-13)8-12(10)3-4-16-11(2)9-15/h7-8,11,16H,3-6H2,1-2H3. The number of ether oxygens (including phenoxy) is 2. The molecule has 0 bridgehead atoms. The molecule has 1 heterocycles. The largest absolute Gasteiger partial charge is 0.486 e. The number of fused-ring (bicyclic) bond motifs is 1. The molecule has 2 rings (SSSR count). The smallest absolute Gasteiger partial charge is 0.161 e. The van der Waals surface area contributed by atoms with Gasteiger partial charge in [-0.1, -0.05) is 0 Å². The molecule has 0 saturated heterocycles. The second-order valence-corrected chi connectivity index (χ2v) is 4.48. The van der Waals surface area contributed by atoms with Gasteiger partial charge in [0.2, 0.25) is 0 Å². The molecule has 1 unspecified atom stereocenters. The van der Waals surface area contributed by atoms with E-state index in [-0.39, 0.29) is 6.04 Å². The Morgan fingerprint density at radius 2 is 2.00 bits per heavy atom. The lowest BCUT2D eigenvalue weighted by molar-refractivity contribution is 0.171. The Balaban J connectivity index is 2.02. The van der Waals surface area contributed by atoms with Crippen molar-refractivity contribution in [2.24, 2.45) is 0 Å². The van der Waals surface area contributed by atoms with Crippen LogP contribution in [0.3, 0.4) is 0 Å². The molecule has 1 aliphatic rings. The van der Waals surface area contributed by atoms with Crippen LogP contribution in [0.2, 0.25) is 0 Å². The van der Waals surface area contributed by atoms with Crippen molar-refractivity contribution in [1.82, 2.24) is 5.32 Å². The Hall–Kier alpha value is -1.73. The molecule has 0 aliphatic carbocycles. The minimum atomic E-state index is -0.109. The molecule has 4 heteroatoms. The molecular formula is C14H18N2O2. The maximum absolute atomic E-state index is 8.70. The molecule has 0 aromatic heterocycles. The maximum atomic E-state index is 8.70. The molecule has 96 valence electrons. The highest BCUT2D eigenvalue weighted by atomic mass is 16.6. The van der Waals surface area contributed by atoms with Crippen LogP contribution in [-0.2, 0) is 6.42 Å². The molecule has 18 heavy (non-hydrogen) atoms. The summed E-state index contributed by atoms with van der Waals surface area (Å²) in [7, 11) is 0. The van der Waals surface area contributed by atoms with Gasteiger partial charge in [-0.25, -0.2) is 0 Å². The summed E-state index contributed by atoms with van der Waals surface area (Å²) in [6.07, 6.45) is 0.883. The summed E-state index contributed by atoms with van der Waals surface area (Å²) >= 11 is 0. The van der Waals surface area contributed by atoms with Crippen LogP contribution >= 0.6 is 0 Å². The molecule has 1 aliphatic heterocycles. The van der Waals surface area contributed by atoms with Gasteiger partial charge in [-0.15, -0.1) is 0 Å². The zero-order valence-electron chi connectivity index (χ0n) is 10.8. The van der Waals surface area contributed by atoms with Crippen LogP contribution in [-0.4, -0.2) is 25.8 Å². The molecule has 1 aromatic rings. The predicted molar refractivity (Wildman–Crippen MR) is 69.0 cm³/mol. The first kappa shape index (κ1) is 12.7. The lowest BCUT2D eigenvalue weighted by Crippen LogP contribution is -2.26. The van der Waals surface area contributed by atoms with Gasteiger partial charge in [0.25, 0.3) is 0 Å². The zero-order chi connectivity index (χ0) is 13.0. The van der Waals surface area contributed by atoms with Crippen LogP contribution in [0.15, 0.2) is 12.1 Å². The van der Waals surface area contributed by atoms with Crippen molar-refractivity contribution < 1.29 is 9.47 Å². The van der Waals surface area contributed by atoms with Crippen LogP contribution < -0.4 is 14.8 Å². The van der Waals surface area contributed by atoms with Crippen molar-refractivity contribution in [3.05, 3.63) is 23.3 Å². The minimum absolute atomic E-state index is 0.109. The third kappa shape index (κ3) is 2.93. The highest BCUT2D eigenvalue weighted by Gasteiger charge is 2.13. The van der Waals surface area contributed by atoms with Crippen molar-refractivity contribution >= 4 is 0 Å². The Kier molecular flexibility index (Phi) is 4.06. The molecular weight excluding hydrogens is 228 g/mol. The summed E-state index contributed by atoms with van der Waals surface area (Å²) in [6, 6.07) is 6.12. The molecule has 4 nitrogen and oxygen atoms in total. The topological polar surface area (TPSA) is 54.3 Å². The minimum Gasteiger partial charge on any atom is -0.486 e. The van der Waals surface area contributed by atoms with E-state index in [0.29, 0.717) is 13.2 Å². The first-order valence-electron chi connectivity index (χ1n) is 6.23. The molecule has 0 saturated carbocycles. The van der Waals surface area contributed by atoms with E-state index in [4.69, 9.17) is 14.7 Å². The van der Waals surface area contributed by atoms with Gasteiger partial charge in [-0.3, -0.25) is 0 Å². The second-order valence-electron chi connectivity index (χ2n) is 4.48. The third-order valence-electron chi connectivity index (χ3n) is 3.04. The zero-order valence-corrected chi connectivity index (χ0v) is 10.8. The van der Waals surface area contributed by atoms with Crippen LogP contribution in [0.25, 0.3) is 0 Å². The molecule has 1 atom stereocenters. The van der Waals surface area contributed by atoms with Crippen molar-refractivity contribution in [2.75, 3.05) is 19.8 Å². The average molecular weight is 246 g/mol. The van der Waals surface area contributed by atoms with Crippen LogP contribution in [0.4, 0.5) is 0 Å². The van der Waals surface area contributed by atoms with E-state index < -0.39 is 0 Å². The first-order valence-corrected chi connectivity index (χ1v) is 6.23. The first-order chi connectivity index (χ1) is 8.70. The van der Waals surface area contributed by atoms with Crippen LogP contribution in [0.5, 0.6) is 11.5 Å². The fourth-order valence-electron chi connectivity index (χ4n) is 1.97. The molecule has 0 radical (unpaired) electrons. The van der Waals surface area contributed by atoms with E-state index in [1.165, 1.54) is 11.1 Å². The van der Waals surface area contributed by atoms with Crippen molar-refractivity contribution in [2.45, 2.75) is 26.3 Å². The summed E-state index contributed by atoms with van der Waals surface area (Å²) in [5.41, 5.74) is 2.43. The quantitative estimate of drug-likeness (QED) is 0.880.